The zero-order valence-corrected chi connectivity index (χ0v) is 34.1. The van der Waals surface area contributed by atoms with Gasteiger partial charge in [0.1, 0.15) is 0 Å². The molecule has 0 N–H and O–H groups in total. The first-order valence-electron chi connectivity index (χ1n) is 21.2. The van der Waals surface area contributed by atoms with Crippen molar-refractivity contribution in [2.24, 2.45) is 0 Å². The van der Waals surface area contributed by atoms with Gasteiger partial charge in [0.25, 0.3) is 0 Å². The zero-order chi connectivity index (χ0) is 41.7. The number of nitrogens with zero attached hydrogens (tertiary/aromatic N) is 5. The van der Waals surface area contributed by atoms with E-state index >= 15 is 0 Å². The van der Waals surface area contributed by atoms with Gasteiger partial charge in [-0.3, -0.25) is 0 Å². The molecule has 0 atom stereocenters. The van der Waals surface area contributed by atoms with Crippen molar-refractivity contribution >= 4 is 43.5 Å². The van der Waals surface area contributed by atoms with E-state index in [9.17, 15) is 0 Å². The molecule has 5 nitrogen and oxygen atoms in total. The predicted octanol–water partition coefficient (Wildman–Crippen LogP) is 14.7. The maximum atomic E-state index is 5.27. The highest BCUT2D eigenvalue weighted by molar-refractivity contribution is 6.28. The van der Waals surface area contributed by atoms with E-state index in [0.29, 0.717) is 17.5 Å². The van der Waals surface area contributed by atoms with Crippen LogP contribution in [0.25, 0.3) is 117 Å². The number of hydrogen-bond donors (Lipinski definition) is 0. The summed E-state index contributed by atoms with van der Waals surface area (Å²) in [5.41, 5.74) is 14.0. The van der Waals surface area contributed by atoms with E-state index in [1.54, 1.807) is 0 Å². The van der Waals surface area contributed by atoms with Crippen LogP contribution in [0.2, 0.25) is 0 Å². The van der Waals surface area contributed by atoms with Crippen molar-refractivity contribution < 1.29 is 0 Å². The Bertz CT molecular complexity index is 3570. The molecule has 0 aliphatic heterocycles. The van der Waals surface area contributed by atoms with Gasteiger partial charge in [0.2, 0.25) is 0 Å². The monoisotopic (exact) mass is 803 g/mol. The molecule has 0 aliphatic carbocycles. The zero-order valence-electron chi connectivity index (χ0n) is 34.1. The van der Waals surface area contributed by atoms with Crippen LogP contribution in [-0.2, 0) is 0 Å². The lowest BCUT2D eigenvalue weighted by Gasteiger charge is -2.14. The number of fused-ring (bicyclic) bond motifs is 7. The number of benzene rings is 9. The van der Waals surface area contributed by atoms with Crippen LogP contribution in [0.4, 0.5) is 0 Å². The third-order valence-corrected chi connectivity index (χ3v) is 12.0. The van der Waals surface area contributed by atoms with Gasteiger partial charge < -0.3 is 4.57 Å². The third kappa shape index (κ3) is 6.34. The van der Waals surface area contributed by atoms with Crippen molar-refractivity contribution in [3.05, 3.63) is 224 Å². The molecular formula is C58H37N5. The largest absolute Gasteiger partial charge is 0.309 e. The minimum Gasteiger partial charge on any atom is -0.309 e. The Balaban J connectivity index is 0.975. The fourth-order valence-corrected chi connectivity index (χ4v) is 9.08. The molecule has 0 unspecified atom stereocenters. The Morgan fingerprint density at radius 1 is 0.286 bits per heavy atom. The van der Waals surface area contributed by atoms with Crippen molar-refractivity contribution in [3.63, 3.8) is 0 Å². The molecule has 3 aromatic heterocycles. The summed E-state index contributed by atoms with van der Waals surface area (Å²) in [6.45, 7) is 0. The van der Waals surface area contributed by atoms with Crippen molar-refractivity contribution in [1.82, 2.24) is 24.5 Å². The van der Waals surface area contributed by atoms with E-state index in [2.05, 4.69) is 168 Å². The van der Waals surface area contributed by atoms with Gasteiger partial charge in [0, 0.05) is 54.9 Å². The Kier molecular flexibility index (Phi) is 8.75. The van der Waals surface area contributed by atoms with Gasteiger partial charge in [-0.05, 0) is 46.5 Å². The molecule has 0 bridgehead atoms. The quantitative estimate of drug-likeness (QED) is 0.151. The summed E-state index contributed by atoms with van der Waals surface area (Å²) in [4.78, 5) is 20.0. The van der Waals surface area contributed by atoms with Crippen LogP contribution in [-0.4, -0.2) is 24.5 Å². The van der Waals surface area contributed by atoms with Gasteiger partial charge in [-0.1, -0.05) is 200 Å². The Morgan fingerprint density at radius 3 is 1.37 bits per heavy atom. The maximum Gasteiger partial charge on any atom is 0.164 e. The van der Waals surface area contributed by atoms with Crippen LogP contribution >= 0.6 is 0 Å². The lowest BCUT2D eigenvalue weighted by atomic mass is 9.94. The topological polar surface area (TPSA) is 56.5 Å². The van der Waals surface area contributed by atoms with Crippen LogP contribution in [0.5, 0.6) is 0 Å². The van der Waals surface area contributed by atoms with E-state index in [1.807, 2.05) is 60.7 Å². The molecule has 0 radical (unpaired) electrons. The molecule has 0 saturated heterocycles. The highest BCUT2D eigenvalue weighted by atomic mass is 15.0. The van der Waals surface area contributed by atoms with Gasteiger partial charge in [-0.15, -0.1) is 0 Å². The molecule has 0 aliphatic rings. The highest BCUT2D eigenvalue weighted by Crippen LogP contribution is 2.45. The predicted molar refractivity (Wildman–Crippen MR) is 260 cm³/mol. The molecule has 0 fully saturated rings. The van der Waals surface area contributed by atoms with E-state index in [0.717, 1.165) is 72.1 Å². The molecule has 0 saturated carbocycles. The molecule has 63 heavy (non-hydrogen) atoms. The summed E-state index contributed by atoms with van der Waals surface area (Å²) < 4.78 is 2.45. The first-order chi connectivity index (χ1) is 31.2. The molecule has 12 rings (SSSR count). The van der Waals surface area contributed by atoms with Gasteiger partial charge in [0.05, 0.1) is 22.2 Å². The first-order valence-corrected chi connectivity index (χ1v) is 21.2. The Labute approximate surface area is 364 Å². The molecule has 5 heteroatoms. The van der Waals surface area contributed by atoms with Crippen LogP contribution in [0, 0.1) is 0 Å². The average molecular weight is 804 g/mol. The third-order valence-electron chi connectivity index (χ3n) is 12.0. The van der Waals surface area contributed by atoms with E-state index < -0.39 is 0 Å². The van der Waals surface area contributed by atoms with Crippen LogP contribution in [0.1, 0.15) is 0 Å². The second-order valence-corrected chi connectivity index (χ2v) is 15.8. The van der Waals surface area contributed by atoms with Crippen molar-refractivity contribution in [1.29, 1.82) is 0 Å². The average Bonchev–Trinajstić information content (AvgIpc) is 3.72. The van der Waals surface area contributed by atoms with Crippen LogP contribution in [0.3, 0.4) is 0 Å². The molecule has 9 aromatic carbocycles. The molecule has 294 valence electrons. The van der Waals surface area contributed by atoms with E-state index in [4.69, 9.17) is 19.9 Å². The number of pyridine rings is 1. The minimum atomic E-state index is 0.640. The standard InChI is InChI=1S/C58H37N5/c1-5-16-41(17-6-1)54-48-36-37-49-52-46(25-15-27-51(52)63(45-22-11-4-12-23-45)55(49)53(48)47-24-13-14-26-50(47)59-54)40-32-28-38(29-33-40)39-30-34-44(35-31-39)58-61-56(42-18-7-2-8-19-42)60-57(62-58)43-20-9-3-10-21-43/h1-37H. The first kappa shape index (κ1) is 36.3. The van der Waals surface area contributed by atoms with Crippen LogP contribution in [0.15, 0.2) is 224 Å². The lowest BCUT2D eigenvalue weighted by molar-refractivity contribution is 1.07. The SMILES string of the molecule is c1ccc(-c2nc(-c3ccccc3)nc(-c3ccc(-c4ccc(-c5cccc6c5c5ccc7c(-c8ccccc8)nc8ccccc8c7c5n6-c5ccccc5)cc4)cc3)n2)cc1. The van der Waals surface area contributed by atoms with Gasteiger partial charge >= 0.3 is 0 Å². The fraction of sp³-hybridized carbons (Fsp3) is 0. The number of aromatic nitrogens is 5. The number of hydrogen-bond acceptors (Lipinski definition) is 4. The minimum absolute atomic E-state index is 0.640. The van der Waals surface area contributed by atoms with E-state index in [-0.39, 0.29) is 0 Å². The van der Waals surface area contributed by atoms with Crippen molar-refractivity contribution in [2.75, 3.05) is 0 Å². The molecule has 12 aromatic rings. The second-order valence-electron chi connectivity index (χ2n) is 15.8. The second kappa shape index (κ2) is 15.2. The van der Waals surface area contributed by atoms with Gasteiger partial charge in [-0.25, -0.2) is 19.9 Å². The highest BCUT2D eigenvalue weighted by Gasteiger charge is 2.22. The summed E-state index contributed by atoms with van der Waals surface area (Å²) in [5.74, 6) is 1.94. The normalized spacial score (nSPS) is 11.5. The molecule has 0 amide bonds. The van der Waals surface area contributed by atoms with E-state index in [1.165, 1.54) is 27.2 Å². The molecular weight excluding hydrogens is 767 g/mol. The lowest BCUT2D eigenvalue weighted by Crippen LogP contribution is -2.00. The van der Waals surface area contributed by atoms with Crippen molar-refractivity contribution in [3.8, 4) is 73.4 Å². The summed E-state index contributed by atoms with van der Waals surface area (Å²) in [6.07, 6.45) is 0. The number of para-hydroxylation sites is 2. The maximum absolute atomic E-state index is 5.27. The molecule has 0 spiro atoms. The van der Waals surface area contributed by atoms with Crippen molar-refractivity contribution in [2.45, 2.75) is 0 Å². The summed E-state index contributed by atoms with van der Waals surface area (Å²) in [7, 11) is 0. The fourth-order valence-electron chi connectivity index (χ4n) is 9.08. The number of rotatable bonds is 7. The Morgan fingerprint density at radius 2 is 0.762 bits per heavy atom. The van der Waals surface area contributed by atoms with Gasteiger partial charge in [0.15, 0.2) is 17.5 Å². The summed E-state index contributed by atoms with van der Waals surface area (Å²) >= 11 is 0. The summed E-state index contributed by atoms with van der Waals surface area (Å²) in [6, 6.07) is 78.8. The van der Waals surface area contributed by atoms with Crippen LogP contribution < -0.4 is 0 Å². The Hall–Kier alpha value is -8.54. The summed E-state index contributed by atoms with van der Waals surface area (Å²) in [5, 5.41) is 5.90. The smallest absolute Gasteiger partial charge is 0.164 e. The molecule has 3 heterocycles. The van der Waals surface area contributed by atoms with Gasteiger partial charge in [-0.2, -0.15) is 0 Å².